The number of thioether (sulfide) groups is 1. The number of nitrogens with zero attached hydrogens (tertiary/aromatic N) is 2. The minimum Gasteiger partial charge on any atom is -0.493 e. The predicted molar refractivity (Wildman–Crippen MR) is 97.4 cm³/mol. The van der Waals surface area contributed by atoms with Gasteiger partial charge in [-0.2, -0.15) is 0 Å². The molecule has 3 aromatic rings. The van der Waals surface area contributed by atoms with Crippen molar-refractivity contribution < 1.29 is 13.9 Å². The maximum absolute atomic E-state index is 12.6. The lowest BCUT2D eigenvalue weighted by Crippen LogP contribution is -1.92. The van der Waals surface area contributed by atoms with Crippen molar-refractivity contribution in [3.63, 3.8) is 0 Å². The van der Waals surface area contributed by atoms with Crippen LogP contribution in [0.15, 0.2) is 29.6 Å². The quantitative estimate of drug-likeness (QED) is 0.467. The Hall–Kier alpha value is -1.86. The van der Waals surface area contributed by atoms with E-state index in [1.54, 1.807) is 25.6 Å². The number of halogens is 1. The summed E-state index contributed by atoms with van der Waals surface area (Å²) >= 11 is 3.03. The second-order valence-corrected chi connectivity index (χ2v) is 7.29. The van der Waals surface area contributed by atoms with Crippen molar-refractivity contribution in [3.05, 3.63) is 29.4 Å². The number of fused-ring (bicyclic) bond motifs is 1. The van der Waals surface area contributed by atoms with Crippen molar-refractivity contribution in [2.24, 2.45) is 0 Å². The molecule has 0 saturated heterocycles. The third kappa shape index (κ3) is 3.06. The number of ether oxygens (including phenoxy) is 2. The molecule has 0 amide bonds. The van der Waals surface area contributed by atoms with E-state index < -0.39 is 0 Å². The molecule has 3 rings (SSSR count). The van der Waals surface area contributed by atoms with Gasteiger partial charge < -0.3 is 9.47 Å². The highest BCUT2D eigenvalue weighted by atomic mass is 32.2. The van der Waals surface area contributed by atoms with Gasteiger partial charge in [0.15, 0.2) is 11.5 Å². The van der Waals surface area contributed by atoms with Crippen LogP contribution in [-0.4, -0.2) is 36.6 Å². The first-order valence-corrected chi connectivity index (χ1v) is 9.15. The molecule has 2 aromatic heterocycles. The van der Waals surface area contributed by atoms with Gasteiger partial charge in [-0.15, -0.1) is 23.1 Å². The number of hydrogen-bond donors (Lipinski definition) is 0. The minimum absolute atomic E-state index is 0.381. The van der Waals surface area contributed by atoms with Crippen LogP contribution >= 0.6 is 23.1 Å². The van der Waals surface area contributed by atoms with E-state index in [0.717, 1.165) is 31.2 Å². The Labute approximate surface area is 148 Å². The minimum atomic E-state index is -0.384. The zero-order valence-electron chi connectivity index (χ0n) is 13.6. The van der Waals surface area contributed by atoms with Gasteiger partial charge >= 0.3 is 0 Å². The van der Waals surface area contributed by atoms with Gasteiger partial charge in [0, 0.05) is 16.2 Å². The van der Waals surface area contributed by atoms with Crippen LogP contribution in [0.5, 0.6) is 11.5 Å². The van der Waals surface area contributed by atoms with E-state index in [4.69, 9.17) is 9.47 Å². The van der Waals surface area contributed by atoms with Crippen molar-refractivity contribution in [2.45, 2.75) is 11.9 Å². The van der Waals surface area contributed by atoms with Crippen molar-refractivity contribution in [1.29, 1.82) is 0 Å². The molecule has 7 heteroatoms. The molecule has 1 aromatic carbocycles. The molecule has 0 spiro atoms. The number of benzene rings is 1. The fourth-order valence-corrected chi connectivity index (χ4v) is 4.41. The molecule has 4 nitrogen and oxygen atoms in total. The molecule has 0 N–H and O–H groups in total. The van der Waals surface area contributed by atoms with E-state index in [0.29, 0.717) is 17.3 Å². The third-order valence-electron chi connectivity index (χ3n) is 3.62. The second kappa shape index (κ2) is 7.36. The van der Waals surface area contributed by atoms with Gasteiger partial charge in [0.2, 0.25) is 0 Å². The molecule has 2 heterocycles. The first-order valence-electron chi connectivity index (χ1n) is 7.34. The van der Waals surface area contributed by atoms with Gasteiger partial charge in [-0.3, -0.25) is 4.39 Å². The number of alkyl halides is 1. The molecular formula is C17H17FN2O2S2. The molecule has 0 fully saturated rings. The summed E-state index contributed by atoms with van der Waals surface area (Å²) in [7, 11) is 3.23. The van der Waals surface area contributed by atoms with E-state index in [-0.39, 0.29) is 6.67 Å². The Morgan fingerprint density at radius 3 is 2.67 bits per heavy atom. The molecule has 0 atom stereocenters. The number of aryl methyl sites for hydroxylation is 1. The maximum atomic E-state index is 12.6. The summed E-state index contributed by atoms with van der Waals surface area (Å²) in [6, 6.07) is 5.83. The zero-order valence-corrected chi connectivity index (χ0v) is 15.3. The highest BCUT2D eigenvalue weighted by Gasteiger charge is 2.18. The Morgan fingerprint density at radius 2 is 1.96 bits per heavy atom. The number of thiophene rings is 1. The van der Waals surface area contributed by atoms with Crippen LogP contribution in [0.1, 0.15) is 4.88 Å². The Bertz CT molecular complexity index is 867. The summed E-state index contributed by atoms with van der Waals surface area (Å²) in [5, 5.41) is 1.79. The first-order chi connectivity index (χ1) is 11.7. The molecule has 0 unspecified atom stereocenters. The van der Waals surface area contributed by atoms with E-state index in [9.17, 15) is 4.39 Å². The third-order valence-corrected chi connectivity index (χ3v) is 5.57. The standard InChI is InChI=1S/C17H17FN2O2S2/c1-10-14(11-4-5-12(21-2)13(8-11)22-3)15-16(23-7-6-18)19-9-20-17(15)24-10/h4-5,8-9H,6-7H2,1-3H3. The number of rotatable bonds is 6. The van der Waals surface area contributed by atoms with E-state index in [1.165, 1.54) is 18.1 Å². The van der Waals surface area contributed by atoms with Crippen LogP contribution in [0.2, 0.25) is 0 Å². The van der Waals surface area contributed by atoms with Gasteiger partial charge in [0.05, 0.1) is 26.3 Å². The van der Waals surface area contributed by atoms with Crippen LogP contribution < -0.4 is 9.47 Å². The largest absolute Gasteiger partial charge is 0.493 e. The van der Waals surface area contributed by atoms with E-state index >= 15 is 0 Å². The molecule has 0 saturated carbocycles. The lowest BCUT2D eigenvalue weighted by molar-refractivity contribution is 0.355. The summed E-state index contributed by atoms with van der Waals surface area (Å²) in [5.41, 5.74) is 2.08. The van der Waals surface area contributed by atoms with Crippen LogP contribution in [0.3, 0.4) is 0 Å². The summed E-state index contributed by atoms with van der Waals surface area (Å²) < 4.78 is 23.3. The topological polar surface area (TPSA) is 44.2 Å². The Balaban J connectivity index is 2.20. The fraction of sp³-hybridized carbons (Fsp3) is 0.294. The Morgan fingerprint density at radius 1 is 1.17 bits per heavy atom. The molecule has 0 radical (unpaired) electrons. The molecule has 0 aliphatic rings. The maximum Gasteiger partial charge on any atom is 0.161 e. The number of hydrogen-bond acceptors (Lipinski definition) is 6. The summed E-state index contributed by atoms with van der Waals surface area (Å²) in [6.45, 7) is 1.67. The molecule has 126 valence electrons. The molecule has 0 aliphatic heterocycles. The molecule has 24 heavy (non-hydrogen) atoms. The first kappa shape index (κ1) is 17.0. The van der Waals surface area contributed by atoms with Crippen LogP contribution in [0.25, 0.3) is 21.3 Å². The zero-order chi connectivity index (χ0) is 17.1. The highest BCUT2D eigenvalue weighted by Crippen LogP contribution is 2.43. The van der Waals surface area contributed by atoms with Crippen LogP contribution in [0, 0.1) is 6.92 Å². The van der Waals surface area contributed by atoms with Gasteiger partial charge in [0.25, 0.3) is 0 Å². The summed E-state index contributed by atoms with van der Waals surface area (Å²) in [6.07, 6.45) is 1.54. The number of methoxy groups -OCH3 is 2. The van der Waals surface area contributed by atoms with E-state index in [2.05, 4.69) is 16.9 Å². The molecule has 0 bridgehead atoms. The summed E-state index contributed by atoms with van der Waals surface area (Å²) in [5.74, 6) is 1.73. The monoisotopic (exact) mass is 364 g/mol. The van der Waals surface area contributed by atoms with Gasteiger partial charge in [-0.25, -0.2) is 9.97 Å². The highest BCUT2D eigenvalue weighted by molar-refractivity contribution is 7.99. The Kier molecular flexibility index (Phi) is 5.20. The number of aromatic nitrogens is 2. The van der Waals surface area contributed by atoms with Crippen molar-refractivity contribution in [2.75, 3.05) is 26.6 Å². The van der Waals surface area contributed by atoms with Crippen LogP contribution in [-0.2, 0) is 0 Å². The molecule has 0 aliphatic carbocycles. The average molecular weight is 364 g/mol. The smallest absolute Gasteiger partial charge is 0.161 e. The second-order valence-electron chi connectivity index (χ2n) is 5.00. The lowest BCUT2D eigenvalue weighted by Gasteiger charge is -2.10. The molecular weight excluding hydrogens is 347 g/mol. The van der Waals surface area contributed by atoms with Crippen molar-refractivity contribution >= 4 is 33.3 Å². The predicted octanol–water partition coefficient (Wildman–Crippen LogP) is 4.75. The van der Waals surface area contributed by atoms with E-state index in [1.807, 2.05) is 18.2 Å². The SMILES string of the molecule is COc1ccc(-c2c(C)sc3ncnc(SCCF)c23)cc1OC. The van der Waals surface area contributed by atoms with Gasteiger partial charge in [0.1, 0.15) is 16.2 Å². The lowest BCUT2D eigenvalue weighted by atomic mass is 10.0. The van der Waals surface area contributed by atoms with Crippen molar-refractivity contribution in [3.8, 4) is 22.6 Å². The fourth-order valence-electron chi connectivity index (χ4n) is 2.60. The average Bonchev–Trinajstić information content (AvgIpc) is 2.95. The summed E-state index contributed by atoms with van der Waals surface area (Å²) in [4.78, 5) is 10.8. The van der Waals surface area contributed by atoms with Crippen LogP contribution in [0.4, 0.5) is 4.39 Å². The van der Waals surface area contributed by atoms with Gasteiger partial charge in [-0.1, -0.05) is 6.07 Å². The van der Waals surface area contributed by atoms with Gasteiger partial charge in [-0.05, 0) is 24.6 Å². The normalized spacial score (nSPS) is 11.0. The van der Waals surface area contributed by atoms with Crippen molar-refractivity contribution in [1.82, 2.24) is 9.97 Å².